The molecule has 4 heteroatoms. The van der Waals surface area contributed by atoms with E-state index in [0.29, 0.717) is 18.3 Å². The molecular weight excluding hydrogens is 228 g/mol. The molecule has 1 fully saturated rings. The van der Waals surface area contributed by atoms with E-state index in [-0.39, 0.29) is 0 Å². The van der Waals surface area contributed by atoms with Crippen molar-refractivity contribution in [2.24, 2.45) is 0 Å². The van der Waals surface area contributed by atoms with Gasteiger partial charge in [-0.3, -0.25) is 0 Å². The molecule has 0 aromatic heterocycles. The topological polar surface area (TPSA) is 58.7 Å². The lowest BCUT2D eigenvalue weighted by molar-refractivity contribution is 0.0604. The molecule has 0 amide bonds. The maximum Gasteiger partial charge on any atom is 0.0936 e. The zero-order chi connectivity index (χ0) is 13.0. The lowest BCUT2D eigenvalue weighted by Gasteiger charge is -2.24. The highest BCUT2D eigenvalue weighted by molar-refractivity contribution is 5.47. The zero-order valence-corrected chi connectivity index (χ0v) is 10.9. The van der Waals surface area contributed by atoms with Crippen LogP contribution in [-0.2, 0) is 4.74 Å². The number of benzene rings is 1. The number of likely N-dealkylation sites (N-methyl/N-ethyl adjacent to an activating group) is 1. The standard InChI is InChI=1S/C14H22N2O2/c1-16(9-11-5-4-8-18-11)10-14(17)12-6-2-3-7-13(12)15/h2-3,6-7,11,14,17H,4-5,8-10,15H2,1H3. The van der Waals surface area contributed by atoms with E-state index in [1.54, 1.807) is 0 Å². The van der Waals surface area contributed by atoms with Crippen molar-refractivity contribution >= 4 is 5.69 Å². The van der Waals surface area contributed by atoms with Gasteiger partial charge in [0.15, 0.2) is 0 Å². The maximum atomic E-state index is 10.2. The van der Waals surface area contributed by atoms with Crippen LogP contribution in [0.3, 0.4) is 0 Å². The summed E-state index contributed by atoms with van der Waals surface area (Å²) in [5.74, 6) is 0. The van der Waals surface area contributed by atoms with E-state index in [4.69, 9.17) is 10.5 Å². The van der Waals surface area contributed by atoms with Gasteiger partial charge < -0.3 is 20.5 Å². The van der Waals surface area contributed by atoms with Gasteiger partial charge in [-0.2, -0.15) is 0 Å². The van der Waals surface area contributed by atoms with Crippen LogP contribution in [0.5, 0.6) is 0 Å². The molecule has 0 saturated carbocycles. The van der Waals surface area contributed by atoms with Crippen LogP contribution in [0.25, 0.3) is 0 Å². The Bertz CT molecular complexity index is 378. The predicted molar refractivity (Wildman–Crippen MR) is 72.3 cm³/mol. The molecule has 4 nitrogen and oxygen atoms in total. The molecule has 2 unspecified atom stereocenters. The Labute approximate surface area is 108 Å². The molecule has 2 rings (SSSR count). The Morgan fingerprint density at radius 2 is 2.28 bits per heavy atom. The number of nitrogen functional groups attached to an aromatic ring is 1. The van der Waals surface area contributed by atoms with Crippen molar-refractivity contribution in [3.63, 3.8) is 0 Å². The number of aliphatic hydroxyl groups excluding tert-OH is 1. The van der Waals surface area contributed by atoms with E-state index < -0.39 is 6.10 Å². The van der Waals surface area contributed by atoms with Crippen molar-refractivity contribution < 1.29 is 9.84 Å². The molecule has 3 N–H and O–H groups in total. The number of hydrogen-bond acceptors (Lipinski definition) is 4. The second-order valence-electron chi connectivity index (χ2n) is 5.00. The van der Waals surface area contributed by atoms with E-state index >= 15 is 0 Å². The minimum absolute atomic E-state index is 0.315. The number of nitrogens with zero attached hydrogens (tertiary/aromatic N) is 1. The summed E-state index contributed by atoms with van der Waals surface area (Å²) in [7, 11) is 2.00. The number of rotatable bonds is 5. The van der Waals surface area contributed by atoms with Crippen molar-refractivity contribution in [3.05, 3.63) is 29.8 Å². The van der Waals surface area contributed by atoms with Crippen LogP contribution in [0.1, 0.15) is 24.5 Å². The second-order valence-corrected chi connectivity index (χ2v) is 5.00. The van der Waals surface area contributed by atoms with Crippen LogP contribution in [0, 0.1) is 0 Å². The average molecular weight is 250 g/mol. The van der Waals surface area contributed by atoms with Gasteiger partial charge in [0.2, 0.25) is 0 Å². The second kappa shape index (κ2) is 6.18. The Balaban J connectivity index is 1.86. The van der Waals surface area contributed by atoms with E-state index in [2.05, 4.69) is 4.90 Å². The SMILES string of the molecule is CN(CC1CCCO1)CC(O)c1ccccc1N. The molecule has 100 valence electrons. The van der Waals surface area contributed by atoms with Crippen molar-refractivity contribution in [2.45, 2.75) is 25.0 Å². The monoisotopic (exact) mass is 250 g/mol. The molecule has 1 aliphatic heterocycles. The Morgan fingerprint density at radius 1 is 1.50 bits per heavy atom. The first-order valence-electron chi connectivity index (χ1n) is 6.49. The number of aliphatic hydroxyl groups is 1. The van der Waals surface area contributed by atoms with Gasteiger partial charge in [-0.25, -0.2) is 0 Å². The summed E-state index contributed by atoms with van der Waals surface area (Å²) in [6.07, 6.45) is 2.04. The van der Waals surface area contributed by atoms with Crippen LogP contribution in [0.15, 0.2) is 24.3 Å². The molecule has 1 aliphatic rings. The lowest BCUT2D eigenvalue weighted by Crippen LogP contribution is -2.32. The summed E-state index contributed by atoms with van der Waals surface area (Å²) in [5, 5.41) is 10.2. The van der Waals surface area contributed by atoms with Gasteiger partial charge in [0, 0.05) is 30.9 Å². The van der Waals surface area contributed by atoms with E-state index in [0.717, 1.165) is 31.6 Å². The summed E-state index contributed by atoms with van der Waals surface area (Å²) >= 11 is 0. The third-order valence-electron chi connectivity index (χ3n) is 3.38. The molecule has 0 bridgehead atoms. The lowest BCUT2D eigenvalue weighted by atomic mass is 10.1. The summed E-state index contributed by atoms with van der Waals surface area (Å²) in [5.41, 5.74) is 7.31. The minimum Gasteiger partial charge on any atom is -0.398 e. The smallest absolute Gasteiger partial charge is 0.0936 e. The number of hydrogen-bond donors (Lipinski definition) is 2. The first-order valence-corrected chi connectivity index (χ1v) is 6.49. The maximum absolute atomic E-state index is 10.2. The van der Waals surface area contributed by atoms with E-state index in [1.165, 1.54) is 0 Å². The summed E-state index contributed by atoms with van der Waals surface area (Å²) in [6, 6.07) is 7.47. The van der Waals surface area contributed by atoms with Gasteiger partial charge in [0.05, 0.1) is 12.2 Å². The Morgan fingerprint density at radius 3 is 2.94 bits per heavy atom. The van der Waals surface area contributed by atoms with Crippen LogP contribution in [-0.4, -0.2) is 42.9 Å². The number of para-hydroxylation sites is 1. The fraction of sp³-hybridized carbons (Fsp3) is 0.571. The van der Waals surface area contributed by atoms with Gasteiger partial charge in [0.1, 0.15) is 0 Å². The van der Waals surface area contributed by atoms with Gasteiger partial charge >= 0.3 is 0 Å². The van der Waals surface area contributed by atoms with E-state index in [9.17, 15) is 5.11 Å². The molecule has 1 aromatic rings. The van der Waals surface area contributed by atoms with Gasteiger partial charge in [-0.1, -0.05) is 18.2 Å². The highest BCUT2D eigenvalue weighted by Gasteiger charge is 2.19. The molecule has 0 spiro atoms. The fourth-order valence-corrected chi connectivity index (χ4v) is 2.42. The highest BCUT2D eigenvalue weighted by atomic mass is 16.5. The molecule has 1 heterocycles. The van der Waals surface area contributed by atoms with Crippen LogP contribution >= 0.6 is 0 Å². The van der Waals surface area contributed by atoms with Gasteiger partial charge in [0.25, 0.3) is 0 Å². The number of ether oxygens (including phenoxy) is 1. The van der Waals surface area contributed by atoms with Gasteiger partial charge in [-0.05, 0) is 26.0 Å². The Kier molecular flexibility index (Phi) is 4.58. The fourth-order valence-electron chi connectivity index (χ4n) is 2.42. The van der Waals surface area contributed by atoms with E-state index in [1.807, 2.05) is 31.3 Å². The van der Waals surface area contributed by atoms with Crippen molar-refractivity contribution in [3.8, 4) is 0 Å². The molecule has 1 saturated heterocycles. The molecule has 18 heavy (non-hydrogen) atoms. The van der Waals surface area contributed by atoms with Crippen LogP contribution in [0.4, 0.5) is 5.69 Å². The largest absolute Gasteiger partial charge is 0.398 e. The normalized spacial score (nSPS) is 21.4. The first-order chi connectivity index (χ1) is 8.66. The molecule has 2 atom stereocenters. The average Bonchev–Trinajstić information content (AvgIpc) is 2.82. The van der Waals surface area contributed by atoms with Crippen LogP contribution < -0.4 is 5.73 Å². The third-order valence-corrected chi connectivity index (χ3v) is 3.38. The molecule has 0 aliphatic carbocycles. The zero-order valence-electron chi connectivity index (χ0n) is 10.9. The quantitative estimate of drug-likeness (QED) is 0.776. The molecular formula is C14H22N2O2. The third kappa shape index (κ3) is 3.45. The molecule has 1 aromatic carbocycles. The Hall–Kier alpha value is -1.10. The summed E-state index contributed by atoms with van der Waals surface area (Å²) < 4.78 is 5.59. The van der Waals surface area contributed by atoms with Crippen LogP contribution in [0.2, 0.25) is 0 Å². The molecule has 0 radical (unpaired) electrons. The number of nitrogens with two attached hydrogens (primary N) is 1. The minimum atomic E-state index is -0.544. The predicted octanol–water partition coefficient (Wildman–Crippen LogP) is 1.41. The van der Waals surface area contributed by atoms with Crippen molar-refractivity contribution in [2.75, 3.05) is 32.5 Å². The first kappa shape index (κ1) is 13.3. The summed E-state index contributed by atoms with van der Waals surface area (Å²) in [4.78, 5) is 2.10. The van der Waals surface area contributed by atoms with Crippen molar-refractivity contribution in [1.29, 1.82) is 0 Å². The highest BCUT2D eigenvalue weighted by Crippen LogP contribution is 2.21. The van der Waals surface area contributed by atoms with Gasteiger partial charge in [-0.15, -0.1) is 0 Å². The number of anilines is 1. The summed E-state index contributed by atoms with van der Waals surface area (Å²) in [6.45, 7) is 2.31. The van der Waals surface area contributed by atoms with Crippen molar-refractivity contribution in [1.82, 2.24) is 4.90 Å².